The molecule has 0 fully saturated rings. The van der Waals surface area contributed by atoms with Gasteiger partial charge in [-0.25, -0.2) is 5.16 Å². The van der Waals surface area contributed by atoms with Crippen LogP contribution < -0.4 is 5.56 Å². The fourth-order valence-corrected chi connectivity index (χ4v) is 0.195. The van der Waals surface area contributed by atoms with Gasteiger partial charge >= 0.3 is 0 Å². The molecule has 0 saturated carbocycles. The summed E-state index contributed by atoms with van der Waals surface area (Å²) in [4.78, 5) is 9.86. The van der Waals surface area contributed by atoms with Crippen molar-refractivity contribution in [2.75, 3.05) is 0 Å². The van der Waals surface area contributed by atoms with Gasteiger partial charge in [0.2, 0.25) is 0 Å². The Morgan fingerprint density at radius 3 is 2.71 bits per heavy atom. The molecule has 0 atom stereocenters. The van der Waals surface area contributed by atoms with Gasteiger partial charge in [0.1, 0.15) is 5.56 Å². The van der Waals surface area contributed by atoms with Crippen LogP contribution in [0.3, 0.4) is 0 Å². The summed E-state index contributed by atoms with van der Waals surface area (Å²) in [5.41, 5.74) is -0.324. The van der Waals surface area contributed by atoms with E-state index in [0.29, 0.717) is 0 Å². The van der Waals surface area contributed by atoms with Gasteiger partial charge in [0, 0.05) is 32.7 Å². The summed E-state index contributed by atoms with van der Waals surface area (Å²) in [6.45, 7) is 0. The van der Waals surface area contributed by atoms with Gasteiger partial charge in [-0.2, -0.15) is 0 Å². The van der Waals surface area contributed by atoms with Gasteiger partial charge in [0.15, 0.2) is 0 Å². The van der Waals surface area contributed by atoms with Crippen molar-refractivity contribution in [3.8, 4) is 0 Å². The van der Waals surface area contributed by atoms with Gasteiger partial charge in [-0.3, -0.25) is 0 Å². The average Bonchev–Trinajstić information content (AvgIpc) is 1.86. The average molecular weight is 173 g/mol. The predicted molar refractivity (Wildman–Crippen MR) is 18.2 cm³/mol. The van der Waals surface area contributed by atoms with Crippen molar-refractivity contribution in [3.05, 3.63) is 22.7 Å². The molecule has 0 saturated heterocycles. The molecule has 1 N–H and O–H groups in total. The van der Waals surface area contributed by atoms with Crippen molar-refractivity contribution in [2.45, 2.75) is 0 Å². The van der Waals surface area contributed by atoms with Gasteiger partial charge < -0.3 is 15.4 Å². The summed E-state index contributed by atoms with van der Waals surface area (Å²) < 4.78 is 4.22. The van der Waals surface area contributed by atoms with Crippen LogP contribution in [0.5, 0.6) is 0 Å². The van der Waals surface area contributed by atoms with Crippen molar-refractivity contribution < 1.29 is 37.2 Å². The zero-order chi connectivity index (χ0) is 4.41. The quantitative estimate of drug-likeness (QED) is 0.550. The molecule has 0 spiro atoms. The smallest absolute Gasteiger partial charge is 0.102 e. The van der Waals surface area contributed by atoms with Gasteiger partial charge in [-0.1, -0.05) is 6.26 Å². The van der Waals surface area contributed by atoms with E-state index in [0.717, 1.165) is 0 Å². The van der Waals surface area contributed by atoms with Crippen molar-refractivity contribution in [1.82, 2.24) is 5.16 Å². The maximum absolute atomic E-state index is 9.86. The van der Waals surface area contributed by atoms with E-state index < -0.39 is 0 Å². The fraction of sp³-hybridized carbons (Fsp3) is 0. The Balaban J connectivity index is 0.000000360. The van der Waals surface area contributed by atoms with E-state index in [1.54, 1.807) is 0 Å². The van der Waals surface area contributed by atoms with E-state index in [4.69, 9.17) is 0 Å². The molecule has 0 bridgehead atoms. The monoisotopic (exact) mass is 173 g/mol. The van der Waals surface area contributed by atoms with E-state index in [-0.39, 0.29) is 38.3 Å². The van der Waals surface area contributed by atoms with E-state index in [2.05, 4.69) is 10.6 Å². The summed E-state index contributed by atoms with van der Waals surface area (Å²) in [7, 11) is 0. The molecular weight excluding hydrogens is 171 g/mol. The normalized spacial score (nSPS) is 7.43. The number of aromatic nitrogens is 1. The van der Waals surface area contributed by atoms with Crippen LogP contribution in [0.2, 0.25) is 0 Å². The minimum absolute atomic E-state index is 0. The molecule has 1 radical (unpaired) electrons. The SMILES string of the molecule is O=c1[c-]co[nH]1.[Y]. The Kier molecular flexibility index (Phi) is 3.21. The fourth-order valence-electron chi connectivity index (χ4n) is 0.195. The van der Waals surface area contributed by atoms with Crippen LogP contribution in [-0.2, 0) is 32.7 Å². The zero-order valence-corrected chi connectivity index (χ0v) is 6.31. The van der Waals surface area contributed by atoms with Crippen LogP contribution in [-0.4, -0.2) is 5.16 Å². The summed E-state index contributed by atoms with van der Waals surface area (Å²) in [6.07, 6.45) is 1.17. The van der Waals surface area contributed by atoms with Crippen molar-refractivity contribution >= 4 is 0 Å². The van der Waals surface area contributed by atoms with Gasteiger partial charge in [-0.05, 0) is 0 Å². The molecule has 1 heterocycles. The zero-order valence-electron chi connectivity index (χ0n) is 3.47. The number of rotatable bonds is 0. The first-order valence-corrected chi connectivity index (χ1v) is 1.43. The maximum atomic E-state index is 9.86. The molecule has 35 valence electrons. The maximum Gasteiger partial charge on any atom is 0.102 e. The van der Waals surface area contributed by atoms with Crippen LogP contribution in [0.1, 0.15) is 0 Å². The molecule has 0 unspecified atom stereocenters. The Hall–Kier alpha value is 0.114. The van der Waals surface area contributed by atoms with Gasteiger partial charge in [0.05, 0.1) is 0 Å². The Bertz CT molecular complexity index is 151. The van der Waals surface area contributed by atoms with Crippen molar-refractivity contribution in [1.29, 1.82) is 0 Å². The van der Waals surface area contributed by atoms with E-state index >= 15 is 0 Å². The minimum atomic E-state index is -0.324. The first-order chi connectivity index (χ1) is 2.89. The second-order valence-corrected chi connectivity index (χ2v) is 0.811. The largest absolute Gasteiger partial charge is 0.427 e. The second kappa shape index (κ2) is 3.16. The van der Waals surface area contributed by atoms with Crippen LogP contribution in [0.15, 0.2) is 15.6 Å². The Morgan fingerprint density at radius 2 is 2.57 bits per heavy atom. The standard InChI is InChI=1S/C3H2NO2.Y/c5-3-1-2-6-4-3;/h2H,(H,4,5);/q-1;. The molecule has 1 aromatic rings. The van der Waals surface area contributed by atoms with Crippen LogP contribution in [0.25, 0.3) is 0 Å². The molecule has 0 aliphatic heterocycles. The molecular formula is C3H2NO2Y-. The van der Waals surface area contributed by atoms with Crippen molar-refractivity contribution in [3.63, 3.8) is 0 Å². The molecule has 4 heteroatoms. The molecule has 1 rings (SSSR count). The molecule has 0 amide bonds. The first kappa shape index (κ1) is 7.11. The first-order valence-electron chi connectivity index (χ1n) is 1.43. The van der Waals surface area contributed by atoms with Crippen LogP contribution in [0, 0.1) is 6.07 Å². The third-order valence-corrected chi connectivity index (χ3v) is 0.401. The molecule has 0 aromatic carbocycles. The summed E-state index contributed by atoms with van der Waals surface area (Å²) in [5.74, 6) is 0. The van der Waals surface area contributed by atoms with Gasteiger partial charge in [-0.15, -0.1) is 0 Å². The molecule has 0 aliphatic carbocycles. The number of H-pyrrole nitrogens is 1. The number of hydrogen-bond donors (Lipinski definition) is 1. The van der Waals surface area contributed by atoms with Gasteiger partial charge in [0.25, 0.3) is 0 Å². The topological polar surface area (TPSA) is 46.0 Å². The molecule has 1 aromatic heterocycles. The Morgan fingerprint density at radius 1 is 1.86 bits per heavy atom. The molecule has 0 aliphatic rings. The predicted octanol–water partition coefficient (Wildman–Crippen LogP) is -0.234. The van der Waals surface area contributed by atoms with Crippen LogP contribution in [0.4, 0.5) is 0 Å². The summed E-state index contributed by atoms with van der Waals surface area (Å²) in [5, 5.41) is 2.01. The van der Waals surface area contributed by atoms with E-state index in [9.17, 15) is 4.79 Å². The molecule has 3 nitrogen and oxygen atoms in total. The number of nitrogens with one attached hydrogen (secondary N) is 1. The third-order valence-electron chi connectivity index (χ3n) is 0.401. The summed E-state index contributed by atoms with van der Waals surface area (Å²) in [6, 6.07) is 2.22. The van der Waals surface area contributed by atoms with Crippen LogP contribution >= 0.6 is 0 Å². The Labute approximate surface area is 64.9 Å². The second-order valence-electron chi connectivity index (χ2n) is 0.811. The summed E-state index contributed by atoms with van der Waals surface area (Å²) >= 11 is 0. The van der Waals surface area contributed by atoms with E-state index in [1.165, 1.54) is 6.26 Å². The third kappa shape index (κ3) is 2.04. The molecule has 7 heavy (non-hydrogen) atoms. The number of hydrogen-bond acceptors (Lipinski definition) is 2. The van der Waals surface area contributed by atoms with E-state index in [1.807, 2.05) is 5.16 Å². The minimum Gasteiger partial charge on any atom is -0.427 e. The number of aromatic amines is 1. The van der Waals surface area contributed by atoms with Crippen molar-refractivity contribution in [2.24, 2.45) is 0 Å².